The highest BCUT2D eigenvalue weighted by atomic mass is 16.5. The highest BCUT2D eigenvalue weighted by Gasteiger charge is 2.19. The van der Waals surface area contributed by atoms with Crippen molar-refractivity contribution in [2.24, 2.45) is 5.10 Å². The van der Waals surface area contributed by atoms with Crippen molar-refractivity contribution in [3.05, 3.63) is 65.7 Å². The van der Waals surface area contributed by atoms with Gasteiger partial charge in [-0.05, 0) is 30.2 Å². The predicted octanol–water partition coefficient (Wildman–Crippen LogP) is 2.87. The van der Waals surface area contributed by atoms with E-state index in [1.54, 1.807) is 19.1 Å². The van der Waals surface area contributed by atoms with Gasteiger partial charge in [0, 0.05) is 19.7 Å². The smallest absolute Gasteiger partial charge is 0.273 e. The predicted molar refractivity (Wildman–Crippen MR) is 97.3 cm³/mol. The number of benzene rings is 2. The zero-order valence-electron chi connectivity index (χ0n) is 14.4. The van der Waals surface area contributed by atoms with Crippen molar-refractivity contribution in [2.75, 3.05) is 12.4 Å². The van der Waals surface area contributed by atoms with E-state index in [1.807, 2.05) is 42.5 Å². The molecule has 0 aliphatic heterocycles. The van der Waals surface area contributed by atoms with Crippen molar-refractivity contribution in [3.8, 4) is 0 Å². The molecule has 0 fully saturated rings. The molecule has 6 nitrogen and oxygen atoms in total. The van der Waals surface area contributed by atoms with Crippen LogP contribution in [0.2, 0.25) is 0 Å². The number of amides is 2. The second kappa shape index (κ2) is 8.75. The van der Waals surface area contributed by atoms with Crippen LogP contribution in [0, 0.1) is 0 Å². The van der Waals surface area contributed by atoms with Crippen molar-refractivity contribution in [1.29, 1.82) is 0 Å². The summed E-state index contributed by atoms with van der Waals surface area (Å²) < 4.78 is 5.27. The molecule has 1 atom stereocenters. The minimum absolute atomic E-state index is 0.128. The molecular formula is C19H21N3O3. The summed E-state index contributed by atoms with van der Waals surface area (Å²) in [5, 5.41) is 6.83. The maximum atomic E-state index is 12.3. The average molecular weight is 339 g/mol. The van der Waals surface area contributed by atoms with Gasteiger partial charge in [-0.2, -0.15) is 5.10 Å². The van der Waals surface area contributed by atoms with Crippen molar-refractivity contribution in [3.63, 3.8) is 0 Å². The molecule has 25 heavy (non-hydrogen) atoms. The molecule has 2 aromatic rings. The molecule has 0 spiro atoms. The number of methoxy groups -OCH3 is 1. The lowest BCUT2D eigenvalue weighted by atomic mass is 10.1. The molecule has 2 rings (SSSR count). The molecule has 0 aromatic heterocycles. The van der Waals surface area contributed by atoms with Gasteiger partial charge in [0.05, 0.1) is 5.71 Å². The Morgan fingerprint density at radius 1 is 1.00 bits per heavy atom. The van der Waals surface area contributed by atoms with Crippen molar-refractivity contribution < 1.29 is 14.3 Å². The molecule has 0 radical (unpaired) electrons. The maximum absolute atomic E-state index is 12.3. The van der Waals surface area contributed by atoms with Gasteiger partial charge < -0.3 is 10.1 Å². The molecule has 0 saturated heterocycles. The summed E-state index contributed by atoms with van der Waals surface area (Å²) in [6.45, 7) is 3.24. The van der Waals surface area contributed by atoms with Crippen LogP contribution in [-0.4, -0.2) is 24.6 Å². The van der Waals surface area contributed by atoms with Crippen LogP contribution in [0.5, 0.6) is 0 Å². The minimum Gasteiger partial charge on any atom is -0.367 e. The summed E-state index contributed by atoms with van der Waals surface area (Å²) in [5.74, 6) is -0.472. The van der Waals surface area contributed by atoms with Gasteiger partial charge in [-0.3, -0.25) is 9.59 Å². The van der Waals surface area contributed by atoms with Gasteiger partial charge in [0.25, 0.3) is 5.91 Å². The van der Waals surface area contributed by atoms with Gasteiger partial charge in [-0.15, -0.1) is 0 Å². The first-order valence-corrected chi connectivity index (χ1v) is 7.81. The zero-order valence-corrected chi connectivity index (χ0v) is 14.4. The highest BCUT2D eigenvalue weighted by Crippen LogP contribution is 2.16. The molecule has 2 amide bonds. The number of nitrogens with zero attached hydrogens (tertiary/aromatic N) is 1. The van der Waals surface area contributed by atoms with E-state index in [-0.39, 0.29) is 11.8 Å². The Bertz CT molecular complexity index is 755. The molecule has 0 aliphatic rings. The fourth-order valence-electron chi connectivity index (χ4n) is 2.28. The number of hydrogen-bond acceptors (Lipinski definition) is 4. The SMILES string of the molecule is CO[C@H](C(=O)N/N=C(/C)c1ccc(NC(C)=O)cc1)c1ccccc1. The first kappa shape index (κ1) is 18.4. The van der Waals surface area contributed by atoms with Gasteiger partial charge in [0.15, 0.2) is 6.10 Å². The number of carbonyl (C=O) groups is 2. The van der Waals surface area contributed by atoms with Gasteiger partial charge >= 0.3 is 0 Å². The van der Waals surface area contributed by atoms with Crippen LogP contribution in [0.4, 0.5) is 5.69 Å². The van der Waals surface area contributed by atoms with Gasteiger partial charge in [0.1, 0.15) is 0 Å². The van der Waals surface area contributed by atoms with Crippen LogP contribution in [0.3, 0.4) is 0 Å². The summed E-state index contributed by atoms with van der Waals surface area (Å²) in [7, 11) is 1.48. The van der Waals surface area contributed by atoms with E-state index in [0.717, 1.165) is 11.1 Å². The number of rotatable bonds is 6. The fourth-order valence-corrected chi connectivity index (χ4v) is 2.28. The number of hydrogen-bond donors (Lipinski definition) is 2. The first-order valence-electron chi connectivity index (χ1n) is 7.81. The lowest BCUT2D eigenvalue weighted by molar-refractivity contribution is -0.131. The van der Waals surface area contributed by atoms with Crippen LogP contribution in [-0.2, 0) is 14.3 Å². The summed E-state index contributed by atoms with van der Waals surface area (Å²) >= 11 is 0. The fraction of sp³-hybridized carbons (Fsp3) is 0.211. The lowest BCUT2D eigenvalue weighted by Crippen LogP contribution is -2.27. The molecule has 0 aliphatic carbocycles. The molecule has 0 saturated carbocycles. The first-order chi connectivity index (χ1) is 12.0. The standard InChI is InChI=1S/C19H21N3O3/c1-13(15-9-11-17(12-10-15)20-14(2)23)21-22-19(24)18(25-3)16-7-5-4-6-8-16/h4-12,18H,1-3H3,(H,20,23)(H,22,24)/b21-13-/t18-/m0/s1. The quantitative estimate of drug-likeness (QED) is 0.627. The van der Waals surface area contributed by atoms with Crippen LogP contribution in [0.1, 0.15) is 31.1 Å². The number of ether oxygens (including phenoxy) is 1. The maximum Gasteiger partial charge on any atom is 0.273 e. The number of nitrogens with one attached hydrogen (secondary N) is 2. The number of hydrazone groups is 1. The van der Waals surface area contributed by atoms with Crippen LogP contribution in [0.15, 0.2) is 59.7 Å². The molecule has 6 heteroatoms. The highest BCUT2D eigenvalue weighted by molar-refractivity contribution is 6.00. The molecule has 0 bridgehead atoms. The van der Waals surface area contributed by atoms with Crippen LogP contribution < -0.4 is 10.7 Å². The third-order valence-electron chi connectivity index (χ3n) is 3.53. The van der Waals surface area contributed by atoms with E-state index in [4.69, 9.17) is 4.74 Å². The Kier molecular flexibility index (Phi) is 6.42. The molecule has 130 valence electrons. The van der Waals surface area contributed by atoms with Crippen LogP contribution in [0.25, 0.3) is 0 Å². The van der Waals surface area contributed by atoms with Crippen LogP contribution >= 0.6 is 0 Å². The third kappa shape index (κ3) is 5.26. The number of anilines is 1. The van der Waals surface area contributed by atoms with E-state index in [2.05, 4.69) is 15.8 Å². The summed E-state index contributed by atoms with van der Waals surface area (Å²) in [6, 6.07) is 16.4. The largest absolute Gasteiger partial charge is 0.367 e. The Labute approximate surface area is 146 Å². The zero-order chi connectivity index (χ0) is 18.2. The molecule has 0 unspecified atom stereocenters. The molecular weight excluding hydrogens is 318 g/mol. The summed E-state index contributed by atoms with van der Waals surface area (Å²) in [4.78, 5) is 23.3. The van der Waals surface area contributed by atoms with Crippen molar-refractivity contribution in [2.45, 2.75) is 20.0 Å². The molecule has 0 heterocycles. The van der Waals surface area contributed by atoms with Gasteiger partial charge in [0.2, 0.25) is 5.91 Å². The minimum atomic E-state index is -0.722. The van der Waals surface area contributed by atoms with E-state index < -0.39 is 6.10 Å². The Morgan fingerprint density at radius 2 is 1.64 bits per heavy atom. The van der Waals surface area contributed by atoms with E-state index in [0.29, 0.717) is 11.4 Å². The second-order valence-corrected chi connectivity index (χ2v) is 5.46. The van der Waals surface area contributed by atoms with E-state index >= 15 is 0 Å². The molecule has 2 aromatic carbocycles. The lowest BCUT2D eigenvalue weighted by Gasteiger charge is -2.14. The van der Waals surface area contributed by atoms with E-state index in [1.165, 1.54) is 14.0 Å². The Balaban J connectivity index is 2.04. The Morgan fingerprint density at radius 3 is 2.20 bits per heavy atom. The topological polar surface area (TPSA) is 79.8 Å². The number of carbonyl (C=O) groups excluding carboxylic acids is 2. The normalized spacial score (nSPS) is 12.4. The molecule has 2 N–H and O–H groups in total. The van der Waals surface area contributed by atoms with Gasteiger partial charge in [-0.1, -0.05) is 42.5 Å². The summed E-state index contributed by atoms with van der Waals surface area (Å²) in [6.07, 6.45) is -0.722. The summed E-state index contributed by atoms with van der Waals surface area (Å²) in [5.41, 5.74) is 5.48. The second-order valence-electron chi connectivity index (χ2n) is 5.46. The monoisotopic (exact) mass is 339 g/mol. The average Bonchev–Trinajstić information content (AvgIpc) is 2.61. The Hall–Kier alpha value is -2.99. The van der Waals surface area contributed by atoms with Gasteiger partial charge in [-0.25, -0.2) is 5.43 Å². The van der Waals surface area contributed by atoms with E-state index in [9.17, 15) is 9.59 Å². The van der Waals surface area contributed by atoms with Crippen molar-refractivity contribution >= 4 is 23.2 Å². The van der Waals surface area contributed by atoms with Crippen molar-refractivity contribution in [1.82, 2.24) is 5.43 Å². The third-order valence-corrected chi connectivity index (χ3v) is 3.53.